The van der Waals surface area contributed by atoms with Crippen LogP contribution in [0.4, 0.5) is 11.4 Å². The number of nitrogens with zero attached hydrogens (tertiary/aromatic N) is 5. The number of carbonyl (C=O) groups excluding carboxylic acids is 2. The maximum atomic E-state index is 13.0. The Morgan fingerprint density at radius 1 is 1.00 bits per heavy atom. The van der Waals surface area contributed by atoms with Crippen LogP contribution in [0.1, 0.15) is 28.2 Å². The average Bonchev–Trinajstić information content (AvgIpc) is 3.54. The van der Waals surface area contributed by atoms with Gasteiger partial charge in [-0.2, -0.15) is 10.4 Å². The van der Waals surface area contributed by atoms with Crippen molar-refractivity contribution in [1.82, 2.24) is 9.78 Å². The van der Waals surface area contributed by atoms with E-state index in [4.69, 9.17) is 4.74 Å². The normalized spacial score (nSPS) is 14.0. The monoisotopic (exact) mass is 453 g/mol. The standard InChI is InChI=1S/C26H23N5O3/c1-29-21-12-6-7-13-22(21)30(2)25(29)19(15-27)23(32)16-34-26(33)24-18-11-8-14-20(18)31(28-24)17-9-4-3-5-10-17/h3-7,9-10,12-13H,8,11,14,16H2,1-2H3. The lowest BCUT2D eigenvalue weighted by molar-refractivity contribution is -0.118. The topological polar surface area (TPSA) is 91.5 Å². The summed E-state index contributed by atoms with van der Waals surface area (Å²) in [6.07, 6.45) is 2.50. The van der Waals surface area contributed by atoms with Gasteiger partial charge >= 0.3 is 5.97 Å². The Hall–Kier alpha value is -4.38. The molecule has 2 heterocycles. The highest BCUT2D eigenvalue weighted by atomic mass is 16.5. The van der Waals surface area contributed by atoms with E-state index in [1.807, 2.05) is 60.7 Å². The van der Waals surface area contributed by atoms with E-state index in [1.165, 1.54) is 0 Å². The Labute approximate surface area is 197 Å². The number of hydrogen-bond donors (Lipinski definition) is 0. The molecule has 2 aromatic carbocycles. The second-order valence-corrected chi connectivity index (χ2v) is 8.29. The molecular formula is C26H23N5O3. The van der Waals surface area contributed by atoms with Gasteiger partial charge < -0.3 is 14.5 Å². The number of nitriles is 1. The first-order valence-electron chi connectivity index (χ1n) is 11.1. The number of ketones is 1. The third-order valence-corrected chi connectivity index (χ3v) is 6.31. The summed E-state index contributed by atoms with van der Waals surface area (Å²) in [5.41, 5.74) is 4.69. The Bertz CT molecular complexity index is 1340. The Balaban J connectivity index is 1.37. The van der Waals surface area contributed by atoms with Gasteiger partial charge in [0.1, 0.15) is 17.5 Å². The third kappa shape index (κ3) is 3.42. The van der Waals surface area contributed by atoms with Gasteiger partial charge in [0, 0.05) is 25.4 Å². The summed E-state index contributed by atoms with van der Waals surface area (Å²) in [5.74, 6) is -0.754. The number of anilines is 2. The molecular weight excluding hydrogens is 430 g/mol. The van der Waals surface area contributed by atoms with Crippen molar-refractivity contribution in [2.45, 2.75) is 19.3 Å². The largest absolute Gasteiger partial charge is 0.452 e. The SMILES string of the molecule is CN1C(=C(C#N)C(=O)COC(=O)c2nn(-c3ccccc3)c3c2CCC3)N(C)c2ccccc21. The molecule has 0 N–H and O–H groups in total. The first kappa shape index (κ1) is 21.5. The minimum absolute atomic E-state index is 0.0611. The van der Waals surface area contributed by atoms with Crippen molar-refractivity contribution in [2.75, 3.05) is 30.5 Å². The van der Waals surface area contributed by atoms with Crippen LogP contribution in [0.2, 0.25) is 0 Å². The molecule has 34 heavy (non-hydrogen) atoms. The molecule has 5 rings (SSSR count). The predicted molar refractivity (Wildman–Crippen MR) is 127 cm³/mol. The number of benzene rings is 2. The number of ether oxygens (including phenoxy) is 1. The number of carbonyl (C=O) groups is 2. The van der Waals surface area contributed by atoms with E-state index in [1.54, 1.807) is 28.6 Å². The molecule has 0 radical (unpaired) electrons. The van der Waals surface area contributed by atoms with E-state index >= 15 is 0 Å². The van der Waals surface area contributed by atoms with Gasteiger partial charge in [-0.3, -0.25) is 4.79 Å². The molecule has 0 fully saturated rings. The summed E-state index contributed by atoms with van der Waals surface area (Å²) < 4.78 is 7.15. The first-order chi connectivity index (χ1) is 16.5. The second kappa shape index (κ2) is 8.52. The number of aromatic nitrogens is 2. The van der Waals surface area contributed by atoms with Crippen molar-refractivity contribution < 1.29 is 14.3 Å². The lowest BCUT2D eigenvalue weighted by Crippen LogP contribution is -2.28. The summed E-state index contributed by atoms with van der Waals surface area (Å²) in [5, 5.41) is 14.3. The highest BCUT2D eigenvalue weighted by Crippen LogP contribution is 2.40. The van der Waals surface area contributed by atoms with Gasteiger partial charge in [-0.1, -0.05) is 30.3 Å². The lowest BCUT2D eigenvalue weighted by atomic mass is 10.1. The molecule has 8 nitrogen and oxygen atoms in total. The van der Waals surface area contributed by atoms with E-state index in [0.29, 0.717) is 5.82 Å². The summed E-state index contributed by atoms with van der Waals surface area (Å²) in [7, 11) is 3.60. The molecule has 0 spiro atoms. The van der Waals surface area contributed by atoms with Gasteiger partial charge in [0.2, 0.25) is 5.78 Å². The Kier molecular flexibility index (Phi) is 5.38. The van der Waals surface area contributed by atoms with Gasteiger partial charge in [0.25, 0.3) is 0 Å². The average molecular weight is 454 g/mol. The molecule has 3 aromatic rings. The minimum atomic E-state index is -0.653. The zero-order valence-electron chi connectivity index (χ0n) is 19.0. The number of hydrogen-bond acceptors (Lipinski definition) is 7. The van der Waals surface area contributed by atoms with Crippen molar-refractivity contribution in [3.8, 4) is 11.8 Å². The van der Waals surface area contributed by atoms with Crippen LogP contribution < -0.4 is 9.80 Å². The van der Waals surface area contributed by atoms with E-state index < -0.39 is 18.4 Å². The van der Waals surface area contributed by atoms with Crippen LogP contribution >= 0.6 is 0 Å². The summed E-state index contributed by atoms with van der Waals surface area (Å²) >= 11 is 0. The number of esters is 1. The highest BCUT2D eigenvalue weighted by molar-refractivity contribution is 6.04. The van der Waals surface area contributed by atoms with Crippen LogP contribution in [0, 0.1) is 11.3 Å². The molecule has 8 heteroatoms. The van der Waals surface area contributed by atoms with E-state index in [9.17, 15) is 14.9 Å². The molecule has 1 aliphatic carbocycles. The van der Waals surface area contributed by atoms with E-state index in [0.717, 1.165) is 47.6 Å². The Morgan fingerprint density at radius 2 is 1.65 bits per heavy atom. The first-order valence-corrected chi connectivity index (χ1v) is 11.1. The number of para-hydroxylation sites is 3. The smallest absolute Gasteiger partial charge is 0.359 e. The second-order valence-electron chi connectivity index (χ2n) is 8.29. The molecule has 0 amide bonds. The molecule has 0 saturated carbocycles. The number of rotatable bonds is 5. The van der Waals surface area contributed by atoms with Gasteiger partial charge in [-0.25, -0.2) is 9.48 Å². The van der Waals surface area contributed by atoms with E-state index in [-0.39, 0.29) is 11.3 Å². The zero-order chi connectivity index (χ0) is 23.8. The molecule has 0 bridgehead atoms. The third-order valence-electron chi connectivity index (χ3n) is 6.31. The fraction of sp³-hybridized carbons (Fsp3) is 0.231. The van der Waals surface area contributed by atoms with Crippen LogP contribution in [-0.4, -0.2) is 42.2 Å². The fourth-order valence-corrected chi connectivity index (χ4v) is 4.71. The van der Waals surface area contributed by atoms with Crippen molar-refractivity contribution in [2.24, 2.45) is 0 Å². The van der Waals surface area contributed by atoms with Crippen molar-refractivity contribution >= 4 is 23.1 Å². The van der Waals surface area contributed by atoms with Gasteiger partial charge in [0.05, 0.1) is 17.1 Å². The van der Waals surface area contributed by atoms with Crippen molar-refractivity contribution in [1.29, 1.82) is 5.26 Å². The minimum Gasteiger partial charge on any atom is -0.452 e. The van der Waals surface area contributed by atoms with Gasteiger partial charge in [-0.05, 0) is 43.5 Å². The molecule has 2 aliphatic rings. The maximum absolute atomic E-state index is 13.0. The molecule has 1 aliphatic heterocycles. The summed E-state index contributed by atoms with van der Waals surface area (Å²) in [6, 6.07) is 19.3. The van der Waals surface area contributed by atoms with Crippen LogP contribution in [0.25, 0.3) is 5.69 Å². The van der Waals surface area contributed by atoms with E-state index in [2.05, 4.69) is 5.10 Å². The highest BCUT2D eigenvalue weighted by Gasteiger charge is 2.32. The van der Waals surface area contributed by atoms with Crippen LogP contribution in [-0.2, 0) is 22.4 Å². The van der Waals surface area contributed by atoms with Crippen LogP contribution in [0.3, 0.4) is 0 Å². The van der Waals surface area contributed by atoms with Crippen LogP contribution in [0.15, 0.2) is 66.0 Å². The van der Waals surface area contributed by atoms with Crippen LogP contribution in [0.5, 0.6) is 0 Å². The summed E-state index contributed by atoms with van der Waals surface area (Å²) in [6.45, 7) is -0.532. The van der Waals surface area contributed by atoms with Crippen molar-refractivity contribution in [3.63, 3.8) is 0 Å². The predicted octanol–water partition coefficient (Wildman–Crippen LogP) is 3.41. The maximum Gasteiger partial charge on any atom is 0.359 e. The zero-order valence-corrected chi connectivity index (χ0v) is 19.0. The molecule has 170 valence electrons. The quantitative estimate of drug-likeness (QED) is 0.332. The number of fused-ring (bicyclic) bond motifs is 2. The van der Waals surface area contributed by atoms with Gasteiger partial charge in [0.15, 0.2) is 12.3 Å². The molecule has 1 aromatic heterocycles. The lowest BCUT2D eigenvalue weighted by Gasteiger charge is -2.19. The molecule has 0 unspecified atom stereocenters. The molecule has 0 saturated heterocycles. The van der Waals surface area contributed by atoms with Crippen molar-refractivity contribution in [3.05, 3.63) is 82.9 Å². The Morgan fingerprint density at radius 3 is 2.29 bits per heavy atom. The summed E-state index contributed by atoms with van der Waals surface area (Å²) in [4.78, 5) is 29.5. The number of Topliss-reactive ketones (excluding diaryl/α,β-unsaturated/α-hetero) is 1. The van der Waals surface area contributed by atoms with Gasteiger partial charge in [-0.15, -0.1) is 0 Å². The molecule has 0 atom stereocenters. The fourth-order valence-electron chi connectivity index (χ4n) is 4.71.